The van der Waals surface area contributed by atoms with Crippen LogP contribution in [0.5, 0.6) is 0 Å². The summed E-state index contributed by atoms with van der Waals surface area (Å²) in [5, 5.41) is 5.46. The van der Waals surface area contributed by atoms with E-state index < -0.39 is 0 Å². The van der Waals surface area contributed by atoms with Crippen molar-refractivity contribution >= 4 is 35.0 Å². The number of carbonyl (C=O) groups excluding carboxylic acids is 4. The van der Waals surface area contributed by atoms with Gasteiger partial charge in [0.1, 0.15) is 0 Å². The normalized spacial score (nSPS) is 28.0. The number of nitrogens with one attached hydrogen (secondary N) is 2. The molecule has 1 aromatic rings. The van der Waals surface area contributed by atoms with E-state index in [2.05, 4.69) is 22.8 Å². The zero-order chi connectivity index (χ0) is 19.1. The molecule has 27 heavy (non-hydrogen) atoms. The van der Waals surface area contributed by atoms with Crippen LogP contribution in [0, 0.1) is 23.7 Å². The Balaban J connectivity index is 1.29. The van der Waals surface area contributed by atoms with E-state index >= 15 is 0 Å². The molecular weight excluding hydrogens is 366 g/mol. The van der Waals surface area contributed by atoms with Crippen LogP contribution in [-0.2, 0) is 20.9 Å². The summed E-state index contributed by atoms with van der Waals surface area (Å²) in [4.78, 5) is 51.1. The summed E-state index contributed by atoms with van der Waals surface area (Å²) >= 11 is 1.31. The van der Waals surface area contributed by atoms with Crippen LogP contribution in [0.2, 0.25) is 0 Å². The molecule has 8 heteroatoms. The summed E-state index contributed by atoms with van der Waals surface area (Å²) in [6.07, 6.45) is 5.05. The van der Waals surface area contributed by atoms with Crippen LogP contribution in [0.1, 0.15) is 27.9 Å². The van der Waals surface area contributed by atoms with Gasteiger partial charge in [-0.15, -0.1) is 11.3 Å². The second kappa shape index (κ2) is 6.92. The van der Waals surface area contributed by atoms with Gasteiger partial charge >= 0.3 is 0 Å². The maximum Gasteiger partial charge on any atom is 0.261 e. The lowest BCUT2D eigenvalue weighted by molar-refractivity contribution is -0.140. The fourth-order valence-corrected chi connectivity index (χ4v) is 5.22. The molecule has 0 unspecified atom stereocenters. The van der Waals surface area contributed by atoms with E-state index in [9.17, 15) is 19.2 Å². The van der Waals surface area contributed by atoms with Crippen LogP contribution in [-0.4, -0.2) is 41.6 Å². The number of carbonyl (C=O) groups is 4. The third kappa shape index (κ3) is 3.18. The Morgan fingerprint density at radius 3 is 2.41 bits per heavy atom. The van der Waals surface area contributed by atoms with Crippen LogP contribution in [0.25, 0.3) is 0 Å². The van der Waals surface area contributed by atoms with Crippen molar-refractivity contribution in [2.45, 2.75) is 19.9 Å². The largest absolute Gasteiger partial charge is 0.351 e. The zero-order valence-corrected chi connectivity index (χ0v) is 15.8. The van der Waals surface area contributed by atoms with Gasteiger partial charge in [0, 0.05) is 24.9 Å². The molecule has 2 bridgehead atoms. The summed E-state index contributed by atoms with van der Waals surface area (Å²) in [6.45, 7) is 2.28. The number of likely N-dealkylation sites (tertiary alicyclic amines) is 1. The molecule has 2 aliphatic carbocycles. The quantitative estimate of drug-likeness (QED) is 0.561. The van der Waals surface area contributed by atoms with Gasteiger partial charge in [0.2, 0.25) is 17.7 Å². The Labute approximate surface area is 160 Å². The first kappa shape index (κ1) is 17.9. The van der Waals surface area contributed by atoms with Gasteiger partial charge in [-0.2, -0.15) is 0 Å². The average Bonchev–Trinajstić information content (AvgIpc) is 3.40. The third-order valence-electron chi connectivity index (χ3n) is 5.58. The van der Waals surface area contributed by atoms with Crippen LogP contribution >= 0.6 is 11.3 Å². The highest BCUT2D eigenvalue weighted by Crippen LogP contribution is 2.52. The van der Waals surface area contributed by atoms with Gasteiger partial charge in [0.25, 0.3) is 5.91 Å². The molecule has 4 rings (SSSR count). The number of allylic oxidation sites excluding steroid dienone is 2. The predicted octanol–water partition coefficient (Wildman–Crippen LogP) is 0.921. The highest BCUT2D eigenvalue weighted by Gasteiger charge is 2.58. The van der Waals surface area contributed by atoms with E-state index in [1.165, 1.54) is 23.2 Å². The minimum atomic E-state index is -0.241. The molecule has 4 amide bonds. The van der Waals surface area contributed by atoms with E-state index in [1.54, 1.807) is 12.1 Å². The van der Waals surface area contributed by atoms with Crippen LogP contribution in [0.3, 0.4) is 0 Å². The van der Waals surface area contributed by atoms with Gasteiger partial charge in [-0.25, -0.2) is 0 Å². The van der Waals surface area contributed by atoms with Crippen molar-refractivity contribution in [1.29, 1.82) is 0 Å². The van der Waals surface area contributed by atoms with Crippen molar-refractivity contribution < 1.29 is 19.2 Å². The standard InChI is InChI=1S/C19H21N3O4S/c1-10(23)21-9-13-4-5-14(27-13)17(24)20-6-7-22-18(25)15-11-2-3-12(8-11)16(15)19(22)26/h2-5,11-12,15-16H,6-9H2,1H3,(H,20,24)(H,21,23)/t11-,12-,15-,16+/m0/s1. The van der Waals surface area contributed by atoms with Crippen molar-refractivity contribution in [3.63, 3.8) is 0 Å². The van der Waals surface area contributed by atoms with Crippen molar-refractivity contribution in [2.24, 2.45) is 23.7 Å². The number of rotatable bonds is 6. The molecule has 1 saturated heterocycles. The average molecular weight is 387 g/mol. The second-order valence-electron chi connectivity index (χ2n) is 7.26. The number of amides is 4. The Bertz CT molecular complexity index is 816. The van der Waals surface area contributed by atoms with E-state index in [4.69, 9.17) is 0 Å². The zero-order valence-electron chi connectivity index (χ0n) is 14.9. The summed E-state index contributed by atoms with van der Waals surface area (Å²) in [6, 6.07) is 3.50. The molecule has 7 nitrogen and oxygen atoms in total. The topological polar surface area (TPSA) is 95.6 Å². The molecule has 1 aromatic heterocycles. The van der Waals surface area contributed by atoms with Gasteiger partial charge in [0.15, 0.2) is 0 Å². The minimum Gasteiger partial charge on any atom is -0.351 e. The number of hydrogen-bond donors (Lipinski definition) is 2. The second-order valence-corrected chi connectivity index (χ2v) is 8.43. The van der Waals surface area contributed by atoms with Crippen LogP contribution < -0.4 is 10.6 Å². The molecule has 142 valence electrons. The Morgan fingerprint density at radius 1 is 1.11 bits per heavy atom. The number of thiophene rings is 1. The summed E-state index contributed by atoms with van der Waals surface area (Å²) < 4.78 is 0. The highest BCUT2D eigenvalue weighted by molar-refractivity contribution is 7.14. The molecule has 1 aliphatic heterocycles. The smallest absolute Gasteiger partial charge is 0.261 e. The lowest BCUT2D eigenvalue weighted by Crippen LogP contribution is -2.39. The minimum absolute atomic E-state index is 0.0928. The van der Waals surface area contributed by atoms with E-state index in [0.29, 0.717) is 11.4 Å². The first-order valence-corrected chi connectivity index (χ1v) is 9.92. The van der Waals surface area contributed by atoms with Gasteiger partial charge in [0.05, 0.1) is 23.3 Å². The molecule has 3 aliphatic rings. The fraction of sp³-hybridized carbons (Fsp3) is 0.474. The lowest BCUT2D eigenvalue weighted by Gasteiger charge is -2.17. The van der Waals surface area contributed by atoms with E-state index in [-0.39, 0.29) is 60.4 Å². The molecule has 2 heterocycles. The first-order valence-electron chi connectivity index (χ1n) is 9.10. The van der Waals surface area contributed by atoms with Crippen molar-refractivity contribution in [3.8, 4) is 0 Å². The molecule has 4 atom stereocenters. The summed E-state index contributed by atoms with van der Waals surface area (Å²) in [5.41, 5.74) is 0. The van der Waals surface area contributed by atoms with Gasteiger partial charge in [-0.05, 0) is 30.4 Å². The Hall–Kier alpha value is -2.48. The SMILES string of the molecule is CC(=O)NCc1ccc(C(=O)NCCN2C(=O)[C@@H]3[C@H](C2=O)[C@H]2C=C[C@H]3C2)s1. The van der Waals surface area contributed by atoms with Crippen molar-refractivity contribution in [2.75, 3.05) is 13.1 Å². The molecule has 1 saturated carbocycles. The highest BCUT2D eigenvalue weighted by atomic mass is 32.1. The third-order valence-corrected chi connectivity index (χ3v) is 6.66. The molecule has 0 spiro atoms. The monoisotopic (exact) mass is 387 g/mol. The number of fused-ring (bicyclic) bond motifs is 5. The first-order chi connectivity index (χ1) is 13.0. The summed E-state index contributed by atoms with van der Waals surface area (Å²) in [5.74, 6) is -0.547. The maximum absolute atomic E-state index is 12.6. The molecule has 2 fully saturated rings. The molecule has 2 N–H and O–H groups in total. The van der Waals surface area contributed by atoms with Gasteiger partial charge in [-0.3, -0.25) is 24.1 Å². The molecule has 0 radical (unpaired) electrons. The Kier molecular flexibility index (Phi) is 4.59. The molecule has 0 aromatic carbocycles. The van der Waals surface area contributed by atoms with E-state index in [0.717, 1.165) is 11.3 Å². The van der Waals surface area contributed by atoms with Gasteiger partial charge < -0.3 is 10.6 Å². The van der Waals surface area contributed by atoms with Crippen molar-refractivity contribution in [1.82, 2.24) is 15.5 Å². The number of imide groups is 1. The maximum atomic E-state index is 12.6. The van der Waals surface area contributed by atoms with Crippen LogP contribution in [0.4, 0.5) is 0 Å². The Morgan fingerprint density at radius 2 is 1.78 bits per heavy atom. The summed E-state index contributed by atoms with van der Waals surface area (Å²) in [7, 11) is 0. The predicted molar refractivity (Wildman–Crippen MR) is 98.6 cm³/mol. The van der Waals surface area contributed by atoms with Gasteiger partial charge in [-0.1, -0.05) is 12.2 Å². The number of hydrogen-bond acceptors (Lipinski definition) is 5. The molecular formula is C19H21N3O4S. The lowest BCUT2D eigenvalue weighted by atomic mass is 9.85. The van der Waals surface area contributed by atoms with Crippen LogP contribution in [0.15, 0.2) is 24.3 Å². The number of nitrogens with zero attached hydrogens (tertiary/aromatic N) is 1. The van der Waals surface area contributed by atoms with E-state index in [1.807, 2.05) is 0 Å². The van der Waals surface area contributed by atoms with Crippen molar-refractivity contribution in [3.05, 3.63) is 34.0 Å². The fourth-order valence-electron chi connectivity index (χ4n) is 4.36.